The maximum absolute atomic E-state index is 10.4. The molecule has 0 unspecified atom stereocenters. The normalized spacial score (nSPS) is 15.6. The summed E-state index contributed by atoms with van der Waals surface area (Å²) in [7, 11) is 0.628. The maximum atomic E-state index is 10.4. The van der Waals surface area contributed by atoms with Crippen LogP contribution in [0.4, 0.5) is 0 Å². The molecule has 0 aliphatic carbocycles. The van der Waals surface area contributed by atoms with E-state index in [1.807, 2.05) is 11.8 Å². The number of carboxylic acids is 1. The second kappa shape index (κ2) is 49.8. The van der Waals surface area contributed by atoms with Crippen molar-refractivity contribution in [3.05, 3.63) is 14.9 Å². The Bertz CT molecular complexity index is 571. The zero-order valence-corrected chi connectivity index (χ0v) is 46.0. The van der Waals surface area contributed by atoms with Crippen molar-refractivity contribution in [3.63, 3.8) is 0 Å². The second-order valence-electron chi connectivity index (χ2n) is 6.57. The van der Waals surface area contributed by atoms with Crippen molar-refractivity contribution < 1.29 is 44.3 Å². The molecule has 24 heteroatoms. The molecular formula is C18H39I8N4O6S4V2-2. The first kappa shape index (κ1) is 63.7. The molecule has 0 aromatic heterocycles. The molecule has 0 aromatic rings. The van der Waals surface area contributed by atoms with Crippen LogP contribution in [0.2, 0.25) is 0 Å². The first-order valence-corrected chi connectivity index (χ1v) is 40.2. The van der Waals surface area contributed by atoms with Gasteiger partial charge in [0.2, 0.25) is 11.8 Å². The molecule has 10 N–H and O–H groups in total. The number of thioether (sulfide) groups is 4. The summed E-state index contributed by atoms with van der Waals surface area (Å²) in [5, 5.41) is 22.8. The Morgan fingerprint density at radius 2 is 1.05 bits per heavy atom. The van der Waals surface area contributed by atoms with Gasteiger partial charge in [-0.3, -0.25) is 19.6 Å². The van der Waals surface area contributed by atoms with Crippen molar-refractivity contribution >= 4 is 234 Å². The Hall–Kier alpha value is 6.66. The van der Waals surface area contributed by atoms with Crippen molar-refractivity contribution in [1.82, 2.24) is 5.48 Å². The third-order valence-corrected chi connectivity index (χ3v) is 8.97. The second-order valence-corrected chi connectivity index (χ2v) is 62.5. The van der Waals surface area contributed by atoms with E-state index in [1.165, 1.54) is 13.9 Å². The Kier molecular flexibility index (Phi) is 75.5. The van der Waals surface area contributed by atoms with Crippen LogP contribution in [0.25, 0.3) is 0 Å². The van der Waals surface area contributed by atoms with Gasteiger partial charge in [0.05, 0.1) is 20.2 Å². The fourth-order valence-electron chi connectivity index (χ4n) is 1.51. The molecule has 0 bridgehead atoms. The van der Waals surface area contributed by atoms with Crippen LogP contribution < -0.4 is 22.8 Å². The standard InChI is InChI=1S/C4H7NO2S.C4H7NOS.C4H6O2S.C3H7NS.CH2I2.2CH3.6HI.H3NO.2V/c6-4(5-7)3-1-8-2-3;2*5-4(6)3-1-7-2-3;4-3-1-5-2-3;2-1-3;;;;;;;;;1-2;;/h3,7H,1-2H2,(H,5,6);3H,1-2H2,(H2,5,6);3H,1-2H2,(H,5,6);3H,1-2,4H2;1H2;2*1H3;6*1H;2H,1H2;;/q;;;;;2*-1;;;;;;;;+2;+3/p-5. The van der Waals surface area contributed by atoms with Gasteiger partial charge in [-0.1, -0.05) is 45.2 Å². The van der Waals surface area contributed by atoms with E-state index >= 15 is 0 Å². The first-order valence-electron chi connectivity index (χ1n) is 10.0. The van der Waals surface area contributed by atoms with Crippen LogP contribution in [0, 0.1) is 32.6 Å². The van der Waals surface area contributed by atoms with Crippen molar-refractivity contribution in [2.45, 2.75) is 6.04 Å². The molecule has 259 valence electrons. The molecular weight excluding hydrogens is 1610 g/mol. The number of alkyl halides is 2. The van der Waals surface area contributed by atoms with E-state index in [0.29, 0.717) is 15.5 Å². The predicted molar refractivity (Wildman–Crippen MR) is 252 cm³/mol. The zero-order chi connectivity index (χ0) is 31.2. The minimum atomic E-state index is -0.640. The number of halogens is 8. The van der Waals surface area contributed by atoms with Gasteiger partial charge in [0, 0.05) is 52.1 Å². The van der Waals surface area contributed by atoms with E-state index < -0.39 is 5.97 Å². The first-order chi connectivity index (χ1) is 18.4. The summed E-state index contributed by atoms with van der Waals surface area (Å²) < 4.78 is 1.19. The Morgan fingerprint density at radius 1 is 0.810 bits per heavy atom. The van der Waals surface area contributed by atoms with Gasteiger partial charge in [-0.2, -0.15) is 47.0 Å². The summed E-state index contributed by atoms with van der Waals surface area (Å²) in [6, 6.07) is 0.528. The summed E-state index contributed by atoms with van der Waals surface area (Å²) >= 11 is 23.8. The van der Waals surface area contributed by atoms with Crippen LogP contribution in [-0.2, 0) is 28.8 Å². The van der Waals surface area contributed by atoms with Crippen LogP contribution in [0.3, 0.4) is 0 Å². The summed E-state index contributed by atoms with van der Waals surface area (Å²) in [6.45, 7) is 0. The molecule has 4 aliphatic rings. The van der Waals surface area contributed by atoms with Gasteiger partial charge in [0.25, 0.3) is 0 Å². The summed E-state index contributed by atoms with van der Waals surface area (Å²) in [5.41, 5.74) is 11.9. The Balaban J connectivity index is -0.0000000684. The molecule has 0 atom stereocenters. The van der Waals surface area contributed by atoms with E-state index in [-0.39, 0.29) is 73.3 Å². The molecule has 2 amide bonds. The third kappa shape index (κ3) is 48.8. The number of hydrogen-bond acceptors (Lipinski definition) is 11. The number of amides is 2. The molecule has 42 heavy (non-hydrogen) atoms. The average molecular weight is 1650 g/mol. The molecule has 4 heterocycles. The summed E-state index contributed by atoms with van der Waals surface area (Å²) in [6.07, 6.45) is 0. The van der Waals surface area contributed by atoms with Crippen LogP contribution >= 0.6 is 216 Å². The van der Waals surface area contributed by atoms with Crippen molar-refractivity contribution in [3.8, 4) is 0 Å². The molecule has 4 rings (SSSR count). The number of carbonyl (C=O) groups is 3. The van der Waals surface area contributed by atoms with E-state index in [9.17, 15) is 14.4 Å². The number of aliphatic carboxylic acids is 1. The quantitative estimate of drug-likeness (QED) is 0.0491. The topological polar surface area (TPSA) is 202 Å². The van der Waals surface area contributed by atoms with E-state index in [1.54, 1.807) is 40.8 Å². The molecule has 0 spiro atoms. The van der Waals surface area contributed by atoms with Crippen molar-refractivity contribution in [2.75, 3.05) is 48.5 Å². The number of hydrogen-bond donors (Lipinski definition) is 7. The van der Waals surface area contributed by atoms with Gasteiger partial charge < -0.3 is 36.6 Å². The third-order valence-electron chi connectivity index (χ3n) is 3.81. The van der Waals surface area contributed by atoms with Crippen LogP contribution in [0.5, 0.6) is 0 Å². The number of nitrogens with one attached hydrogen (secondary N) is 1. The molecule has 4 saturated heterocycles. The molecule has 4 fully saturated rings. The number of carbonyl (C=O) groups excluding carboxylic acids is 2. The zero-order valence-electron chi connectivity index (χ0n) is 22.6. The fraction of sp³-hybridized carbons (Fsp3) is 0.722. The number of primary amides is 1. The van der Waals surface area contributed by atoms with Crippen molar-refractivity contribution in [1.29, 1.82) is 0 Å². The summed E-state index contributed by atoms with van der Waals surface area (Å²) in [5.74, 6) is 10.3. The molecule has 0 radical (unpaired) electrons. The van der Waals surface area contributed by atoms with E-state index in [0.717, 1.165) is 34.5 Å². The monoisotopic (exact) mass is 1650 g/mol. The van der Waals surface area contributed by atoms with Crippen LogP contribution in [0.1, 0.15) is 0 Å². The molecule has 0 aromatic carbocycles. The van der Waals surface area contributed by atoms with Gasteiger partial charge >= 0.3 is 120 Å². The fourth-order valence-corrected chi connectivity index (χ4v) is 4.35. The number of nitrogens with two attached hydrogens (primary N) is 3. The average Bonchev–Trinajstić information content (AvgIpc) is 2.71. The number of carboxylic acid groups (broad SMARTS) is 1. The summed E-state index contributed by atoms with van der Waals surface area (Å²) in [4.78, 5) is 30.3. The van der Waals surface area contributed by atoms with Gasteiger partial charge in [-0.25, -0.2) is 11.4 Å². The van der Waals surface area contributed by atoms with Crippen LogP contribution in [0.15, 0.2) is 0 Å². The number of rotatable bonds is 3. The van der Waals surface area contributed by atoms with Gasteiger partial charge in [0.1, 0.15) is 0 Å². The van der Waals surface area contributed by atoms with Gasteiger partial charge in [-0.15, -0.1) is 24.0 Å². The molecule has 0 saturated carbocycles. The SMILES string of the molecule is I.ICI.NC(=O)C1CSC1.NC1CSC1.NO.O=C(NO)C1CSC1.O=C(O)C1CSC1.[CH3-].[CH3-].[I][V]([I])[I].[I][V][I]. The molecule has 4 aliphatic heterocycles. The van der Waals surface area contributed by atoms with Gasteiger partial charge in [-0.05, 0) is 0 Å². The van der Waals surface area contributed by atoms with E-state index in [2.05, 4.69) is 151 Å². The molecule has 10 nitrogen and oxygen atoms in total. The minimum absolute atomic E-state index is 0. The Morgan fingerprint density at radius 3 is 1.07 bits per heavy atom. The van der Waals surface area contributed by atoms with Crippen molar-refractivity contribution in [2.24, 2.45) is 35.1 Å². The van der Waals surface area contributed by atoms with Gasteiger partial charge in [0.15, 0.2) is 0 Å². The Labute approximate surface area is 379 Å². The number of hydroxylamine groups is 1. The van der Waals surface area contributed by atoms with Crippen LogP contribution in [-0.4, -0.2) is 87.8 Å². The predicted octanol–water partition coefficient (Wildman–Crippen LogP) is 7.27. The van der Waals surface area contributed by atoms with E-state index in [4.69, 9.17) is 27.0 Å².